The lowest BCUT2D eigenvalue weighted by Gasteiger charge is -2.15. The maximum absolute atomic E-state index is 5.28. The summed E-state index contributed by atoms with van der Waals surface area (Å²) in [6.07, 6.45) is 2.18. The van der Waals surface area contributed by atoms with E-state index >= 15 is 0 Å². The second-order valence-electron chi connectivity index (χ2n) is 6.00. The molecule has 0 aromatic heterocycles. The van der Waals surface area contributed by atoms with Gasteiger partial charge in [-0.15, -0.1) is 0 Å². The van der Waals surface area contributed by atoms with Crippen LogP contribution in [0, 0.1) is 0 Å². The minimum atomic E-state index is 0.448. The molecule has 0 heterocycles. The maximum Gasteiger partial charge on any atom is 0.119 e. The van der Waals surface area contributed by atoms with Crippen molar-refractivity contribution in [2.24, 2.45) is 0 Å². The number of benzene rings is 3. The molecule has 0 spiro atoms. The lowest BCUT2D eigenvalue weighted by atomic mass is 10.0. The zero-order chi connectivity index (χ0) is 16.1. The number of fused-ring (bicyclic) bond motifs is 1. The first-order valence-electron chi connectivity index (χ1n) is 8.13. The summed E-state index contributed by atoms with van der Waals surface area (Å²) in [5.74, 6) is 0.908. The molecule has 1 unspecified atom stereocenters. The monoisotopic (exact) mass is 305 g/mol. The van der Waals surface area contributed by atoms with Crippen LogP contribution in [0.4, 0.5) is 5.69 Å². The minimum absolute atomic E-state index is 0.448. The number of ether oxygens (including phenoxy) is 1. The second-order valence-corrected chi connectivity index (χ2v) is 6.00. The summed E-state index contributed by atoms with van der Waals surface area (Å²) < 4.78 is 5.28. The molecule has 2 nitrogen and oxygen atoms in total. The molecule has 2 heteroatoms. The fraction of sp³-hybridized carbons (Fsp3) is 0.238. The molecule has 3 rings (SSSR count). The molecule has 23 heavy (non-hydrogen) atoms. The van der Waals surface area contributed by atoms with Crippen LogP contribution >= 0.6 is 0 Å². The summed E-state index contributed by atoms with van der Waals surface area (Å²) in [7, 11) is 1.71. The highest BCUT2D eigenvalue weighted by Gasteiger charge is 2.04. The molecule has 0 saturated carbocycles. The standard InChI is InChI=1S/C21H23NO/c1-16(22-20-6-4-3-5-7-20)8-9-17-10-11-19-15-21(23-2)13-12-18(19)14-17/h3-7,10-16,22H,8-9H2,1-2H3. The van der Waals surface area contributed by atoms with E-state index in [0.717, 1.165) is 18.6 Å². The molecule has 0 aliphatic rings. The van der Waals surface area contributed by atoms with Crippen LogP contribution in [-0.4, -0.2) is 13.2 Å². The Morgan fingerprint density at radius 2 is 1.65 bits per heavy atom. The largest absolute Gasteiger partial charge is 0.497 e. The first-order valence-corrected chi connectivity index (χ1v) is 8.13. The zero-order valence-corrected chi connectivity index (χ0v) is 13.8. The van der Waals surface area contributed by atoms with Crippen molar-refractivity contribution in [3.63, 3.8) is 0 Å². The van der Waals surface area contributed by atoms with Gasteiger partial charge in [0.05, 0.1) is 7.11 Å². The number of nitrogens with one attached hydrogen (secondary N) is 1. The summed E-state index contributed by atoms with van der Waals surface area (Å²) in [6.45, 7) is 2.24. The smallest absolute Gasteiger partial charge is 0.119 e. The van der Waals surface area contributed by atoms with E-state index in [1.165, 1.54) is 22.0 Å². The topological polar surface area (TPSA) is 21.3 Å². The summed E-state index contributed by atoms with van der Waals surface area (Å²) in [5, 5.41) is 6.04. The van der Waals surface area contributed by atoms with E-state index in [-0.39, 0.29) is 0 Å². The number of hydrogen-bond acceptors (Lipinski definition) is 2. The highest BCUT2D eigenvalue weighted by atomic mass is 16.5. The molecule has 0 bridgehead atoms. The Kier molecular flexibility index (Phi) is 4.82. The van der Waals surface area contributed by atoms with E-state index in [0.29, 0.717) is 6.04 Å². The van der Waals surface area contributed by atoms with Crippen LogP contribution in [0.25, 0.3) is 10.8 Å². The molecule has 3 aromatic rings. The molecule has 0 fully saturated rings. The molecule has 0 aliphatic carbocycles. The van der Waals surface area contributed by atoms with Crippen molar-refractivity contribution in [2.45, 2.75) is 25.8 Å². The lowest BCUT2D eigenvalue weighted by molar-refractivity contribution is 0.415. The van der Waals surface area contributed by atoms with Gasteiger partial charge in [0.25, 0.3) is 0 Å². The van der Waals surface area contributed by atoms with E-state index in [1.807, 2.05) is 12.1 Å². The van der Waals surface area contributed by atoms with Crippen molar-refractivity contribution >= 4 is 16.5 Å². The van der Waals surface area contributed by atoms with E-state index in [2.05, 4.69) is 66.8 Å². The summed E-state index contributed by atoms with van der Waals surface area (Å²) in [6, 6.07) is 23.7. The SMILES string of the molecule is COc1ccc2cc(CCC(C)Nc3ccccc3)ccc2c1. The maximum atomic E-state index is 5.28. The van der Waals surface area contributed by atoms with Crippen LogP contribution in [0.5, 0.6) is 5.75 Å². The summed E-state index contributed by atoms with van der Waals surface area (Å²) in [4.78, 5) is 0. The summed E-state index contributed by atoms with van der Waals surface area (Å²) >= 11 is 0. The highest BCUT2D eigenvalue weighted by Crippen LogP contribution is 2.22. The van der Waals surface area contributed by atoms with E-state index in [9.17, 15) is 0 Å². The molecule has 0 saturated heterocycles. The van der Waals surface area contributed by atoms with Crippen LogP contribution in [0.2, 0.25) is 0 Å². The Labute approximate surface area is 138 Å². The fourth-order valence-electron chi connectivity index (χ4n) is 2.83. The number of rotatable bonds is 6. The van der Waals surface area contributed by atoms with Crippen LogP contribution in [0.3, 0.4) is 0 Å². The van der Waals surface area contributed by atoms with Gasteiger partial charge < -0.3 is 10.1 Å². The van der Waals surface area contributed by atoms with Crippen LogP contribution in [0.1, 0.15) is 18.9 Å². The van der Waals surface area contributed by atoms with Crippen molar-refractivity contribution in [1.29, 1.82) is 0 Å². The molecular weight excluding hydrogens is 282 g/mol. The van der Waals surface area contributed by atoms with Crippen LogP contribution < -0.4 is 10.1 Å². The Morgan fingerprint density at radius 3 is 2.43 bits per heavy atom. The molecule has 0 radical (unpaired) electrons. The average molecular weight is 305 g/mol. The quantitative estimate of drug-likeness (QED) is 0.669. The van der Waals surface area contributed by atoms with Gasteiger partial charge in [-0.05, 0) is 60.4 Å². The first kappa shape index (κ1) is 15.4. The molecule has 3 aromatic carbocycles. The first-order chi connectivity index (χ1) is 11.2. The number of hydrogen-bond donors (Lipinski definition) is 1. The average Bonchev–Trinajstić information content (AvgIpc) is 2.60. The van der Waals surface area contributed by atoms with Gasteiger partial charge in [-0.3, -0.25) is 0 Å². The third-order valence-corrected chi connectivity index (χ3v) is 4.16. The second kappa shape index (κ2) is 7.19. The van der Waals surface area contributed by atoms with Crippen molar-refractivity contribution in [2.75, 3.05) is 12.4 Å². The van der Waals surface area contributed by atoms with Crippen molar-refractivity contribution in [3.05, 3.63) is 72.3 Å². The van der Waals surface area contributed by atoms with Gasteiger partial charge in [0.1, 0.15) is 5.75 Å². The normalized spacial score (nSPS) is 12.1. The Bertz CT molecular complexity index is 767. The molecule has 118 valence electrons. The van der Waals surface area contributed by atoms with Crippen molar-refractivity contribution in [1.82, 2.24) is 0 Å². The van der Waals surface area contributed by atoms with Gasteiger partial charge in [0.15, 0.2) is 0 Å². The van der Waals surface area contributed by atoms with Gasteiger partial charge >= 0.3 is 0 Å². The molecule has 0 aliphatic heterocycles. The van der Waals surface area contributed by atoms with Crippen LogP contribution in [0.15, 0.2) is 66.7 Å². The molecule has 1 N–H and O–H groups in total. The summed E-state index contributed by atoms with van der Waals surface area (Å²) in [5.41, 5.74) is 2.56. The van der Waals surface area contributed by atoms with Gasteiger partial charge in [-0.1, -0.05) is 42.5 Å². The van der Waals surface area contributed by atoms with E-state index in [4.69, 9.17) is 4.74 Å². The van der Waals surface area contributed by atoms with Crippen LogP contribution in [-0.2, 0) is 6.42 Å². The van der Waals surface area contributed by atoms with E-state index < -0.39 is 0 Å². The third-order valence-electron chi connectivity index (χ3n) is 4.16. The highest BCUT2D eigenvalue weighted by molar-refractivity contribution is 5.84. The molecule has 0 amide bonds. The molecular formula is C21H23NO. The number of methoxy groups -OCH3 is 1. The van der Waals surface area contributed by atoms with E-state index in [1.54, 1.807) is 7.11 Å². The lowest BCUT2D eigenvalue weighted by Crippen LogP contribution is -2.15. The third kappa shape index (κ3) is 4.04. The van der Waals surface area contributed by atoms with Crippen molar-refractivity contribution < 1.29 is 4.74 Å². The van der Waals surface area contributed by atoms with Gasteiger partial charge in [0.2, 0.25) is 0 Å². The predicted octanol–water partition coefficient (Wildman–Crippen LogP) is 5.28. The predicted molar refractivity (Wildman–Crippen MR) is 98.3 cm³/mol. The Balaban J connectivity index is 1.62. The number of para-hydroxylation sites is 1. The van der Waals surface area contributed by atoms with Gasteiger partial charge in [0, 0.05) is 11.7 Å². The Morgan fingerprint density at radius 1 is 0.913 bits per heavy atom. The number of anilines is 1. The number of aryl methyl sites for hydroxylation is 1. The fourth-order valence-corrected chi connectivity index (χ4v) is 2.83. The van der Waals surface area contributed by atoms with Crippen molar-refractivity contribution in [3.8, 4) is 5.75 Å². The minimum Gasteiger partial charge on any atom is -0.497 e. The van der Waals surface area contributed by atoms with Gasteiger partial charge in [-0.25, -0.2) is 0 Å². The molecule has 1 atom stereocenters. The zero-order valence-electron chi connectivity index (χ0n) is 13.8. The Hall–Kier alpha value is -2.48. The van der Waals surface area contributed by atoms with Gasteiger partial charge in [-0.2, -0.15) is 0 Å².